The lowest BCUT2D eigenvalue weighted by molar-refractivity contribution is 0.340. The molecule has 6 heteroatoms. The second-order valence-electron chi connectivity index (χ2n) is 3.88. The van der Waals surface area contributed by atoms with Crippen LogP contribution in [-0.4, -0.2) is 26.2 Å². The molecule has 0 saturated carbocycles. The van der Waals surface area contributed by atoms with Gasteiger partial charge in [0, 0.05) is 17.8 Å². The lowest BCUT2D eigenvalue weighted by Crippen LogP contribution is -2.03. The summed E-state index contributed by atoms with van der Waals surface area (Å²) in [7, 11) is 0. The van der Waals surface area contributed by atoms with E-state index in [1.165, 1.54) is 6.33 Å². The van der Waals surface area contributed by atoms with Crippen molar-refractivity contribution in [3.8, 4) is 5.75 Å². The average molecular weight is 255 g/mol. The summed E-state index contributed by atoms with van der Waals surface area (Å²) in [5.41, 5.74) is 1.64. The number of hydrogen-bond donors (Lipinski definition) is 1. The summed E-state index contributed by atoms with van der Waals surface area (Å²) < 4.78 is 7.11. The van der Waals surface area contributed by atoms with Crippen LogP contribution >= 0.6 is 0 Å². The van der Waals surface area contributed by atoms with E-state index in [-0.39, 0.29) is 0 Å². The van der Waals surface area contributed by atoms with E-state index in [0.717, 1.165) is 17.1 Å². The highest BCUT2D eigenvalue weighted by atomic mass is 16.5. The van der Waals surface area contributed by atoms with Gasteiger partial charge in [-0.15, -0.1) is 0 Å². The number of anilines is 2. The predicted octanol–water partition coefficient (Wildman–Crippen LogP) is 2.27. The molecule has 0 aliphatic heterocycles. The summed E-state index contributed by atoms with van der Waals surface area (Å²) in [6.07, 6.45) is 3.19. The Hall–Kier alpha value is -2.63. The van der Waals surface area contributed by atoms with Crippen LogP contribution in [-0.2, 0) is 0 Å². The van der Waals surface area contributed by atoms with Gasteiger partial charge in [-0.2, -0.15) is 9.61 Å². The predicted molar refractivity (Wildman–Crippen MR) is 71.7 cm³/mol. The van der Waals surface area contributed by atoms with Crippen molar-refractivity contribution in [3.63, 3.8) is 0 Å². The molecule has 0 radical (unpaired) electrons. The van der Waals surface area contributed by atoms with Gasteiger partial charge in [0.05, 0.1) is 12.8 Å². The Bertz CT molecular complexity index is 694. The highest BCUT2D eigenvalue weighted by molar-refractivity contribution is 5.57. The fourth-order valence-corrected chi connectivity index (χ4v) is 1.80. The lowest BCUT2D eigenvalue weighted by Gasteiger charge is -2.08. The zero-order chi connectivity index (χ0) is 13.1. The third kappa shape index (κ3) is 2.33. The van der Waals surface area contributed by atoms with Crippen LogP contribution in [0.4, 0.5) is 11.6 Å². The summed E-state index contributed by atoms with van der Waals surface area (Å²) >= 11 is 0. The summed E-state index contributed by atoms with van der Waals surface area (Å²) in [4.78, 5) is 8.30. The molecule has 0 bridgehead atoms. The van der Waals surface area contributed by atoms with Crippen molar-refractivity contribution in [1.29, 1.82) is 0 Å². The molecule has 1 aromatic carbocycles. The van der Waals surface area contributed by atoms with E-state index in [2.05, 4.69) is 20.4 Å². The molecule has 2 heterocycles. The van der Waals surface area contributed by atoms with E-state index in [1.54, 1.807) is 10.7 Å². The first kappa shape index (κ1) is 11.5. The minimum Gasteiger partial charge on any atom is -0.494 e. The van der Waals surface area contributed by atoms with Gasteiger partial charge in [0.1, 0.15) is 12.1 Å². The third-order valence-electron chi connectivity index (χ3n) is 2.59. The molecule has 96 valence electrons. The molecule has 0 aliphatic rings. The van der Waals surface area contributed by atoms with Gasteiger partial charge in [0.25, 0.3) is 0 Å². The van der Waals surface area contributed by atoms with Crippen LogP contribution in [0.5, 0.6) is 5.75 Å². The van der Waals surface area contributed by atoms with Crippen LogP contribution in [0.2, 0.25) is 0 Å². The number of nitrogens with one attached hydrogen (secondary N) is 1. The van der Waals surface area contributed by atoms with Crippen LogP contribution in [0.25, 0.3) is 5.65 Å². The molecule has 2 aromatic heterocycles. The molecule has 0 fully saturated rings. The Kier molecular flexibility index (Phi) is 2.97. The maximum atomic E-state index is 5.46. The summed E-state index contributed by atoms with van der Waals surface area (Å²) in [6.45, 7) is 2.60. The number of rotatable bonds is 4. The van der Waals surface area contributed by atoms with Crippen LogP contribution in [0.3, 0.4) is 0 Å². The third-order valence-corrected chi connectivity index (χ3v) is 2.59. The standard InChI is InChI=1S/C13H13N5O/c1-2-19-11-5-3-4-10(8-11)17-13-15-9-14-12-6-7-16-18(12)13/h3-9H,2H2,1H3,(H,14,15,17). The van der Waals surface area contributed by atoms with E-state index in [9.17, 15) is 0 Å². The normalized spacial score (nSPS) is 10.6. The van der Waals surface area contributed by atoms with Gasteiger partial charge in [-0.25, -0.2) is 9.97 Å². The number of fused-ring (bicyclic) bond motifs is 1. The maximum absolute atomic E-state index is 5.46. The molecule has 1 N–H and O–H groups in total. The number of ether oxygens (including phenoxy) is 1. The molecule has 0 spiro atoms. The smallest absolute Gasteiger partial charge is 0.231 e. The number of nitrogens with zero attached hydrogens (tertiary/aromatic N) is 4. The Morgan fingerprint density at radius 3 is 3.11 bits per heavy atom. The minimum absolute atomic E-state index is 0.614. The monoisotopic (exact) mass is 255 g/mol. The van der Waals surface area contributed by atoms with Crippen LogP contribution in [0, 0.1) is 0 Å². The molecule has 3 aromatic rings. The van der Waals surface area contributed by atoms with E-state index in [0.29, 0.717) is 12.6 Å². The van der Waals surface area contributed by atoms with Gasteiger partial charge in [0.15, 0.2) is 5.65 Å². The first-order chi connectivity index (χ1) is 9.36. The van der Waals surface area contributed by atoms with Crippen LogP contribution < -0.4 is 10.1 Å². The first-order valence-electron chi connectivity index (χ1n) is 6.01. The fraction of sp³-hybridized carbons (Fsp3) is 0.154. The van der Waals surface area contributed by atoms with Gasteiger partial charge in [-0.05, 0) is 19.1 Å². The van der Waals surface area contributed by atoms with Crippen molar-refractivity contribution in [3.05, 3.63) is 42.9 Å². The van der Waals surface area contributed by atoms with E-state index < -0.39 is 0 Å². The summed E-state index contributed by atoms with van der Waals surface area (Å²) in [5, 5.41) is 7.37. The molecule has 0 aliphatic carbocycles. The lowest BCUT2D eigenvalue weighted by atomic mass is 10.3. The molecule has 3 rings (SSSR count). The Morgan fingerprint density at radius 2 is 2.21 bits per heavy atom. The van der Waals surface area contributed by atoms with Crippen molar-refractivity contribution in [2.45, 2.75) is 6.92 Å². The SMILES string of the molecule is CCOc1cccc(Nc2ncnc3ccnn23)c1. The summed E-state index contributed by atoms with van der Waals surface area (Å²) in [5.74, 6) is 1.43. The van der Waals surface area contributed by atoms with Gasteiger partial charge in [-0.3, -0.25) is 0 Å². The molecule has 0 atom stereocenters. The zero-order valence-electron chi connectivity index (χ0n) is 10.4. The van der Waals surface area contributed by atoms with Crippen molar-refractivity contribution >= 4 is 17.3 Å². The average Bonchev–Trinajstić information content (AvgIpc) is 2.89. The molecule has 0 amide bonds. The maximum Gasteiger partial charge on any atom is 0.231 e. The molecule has 6 nitrogen and oxygen atoms in total. The fourth-order valence-electron chi connectivity index (χ4n) is 1.80. The van der Waals surface area contributed by atoms with Gasteiger partial charge < -0.3 is 10.1 Å². The number of aromatic nitrogens is 4. The highest BCUT2D eigenvalue weighted by Gasteiger charge is 2.04. The Labute approximate surface area is 110 Å². The van der Waals surface area contributed by atoms with Crippen molar-refractivity contribution in [2.75, 3.05) is 11.9 Å². The quantitative estimate of drug-likeness (QED) is 0.774. The molecular formula is C13H13N5O. The van der Waals surface area contributed by atoms with Crippen molar-refractivity contribution in [2.24, 2.45) is 0 Å². The van der Waals surface area contributed by atoms with E-state index in [4.69, 9.17) is 4.74 Å². The first-order valence-corrected chi connectivity index (χ1v) is 6.01. The van der Waals surface area contributed by atoms with Gasteiger partial charge in [-0.1, -0.05) is 6.07 Å². The second kappa shape index (κ2) is 4.93. The van der Waals surface area contributed by atoms with E-state index in [1.807, 2.05) is 37.3 Å². The van der Waals surface area contributed by atoms with Crippen molar-refractivity contribution in [1.82, 2.24) is 19.6 Å². The molecular weight excluding hydrogens is 242 g/mol. The summed E-state index contributed by atoms with van der Waals surface area (Å²) in [6, 6.07) is 9.53. The second-order valence-corrected chi connectivity index (χ2v) is 3.88. The van der Waals surface area contributed by atoms with E-state index >= 15 is 0 Å². The molecule has 0 saturated heterocycles. The zero-order valence-corrected chi connectivity index (χ0v) is 10.4. The molecule has 0 unspecified atom stereocenters. The highest BCUT2D eigenvalue weighted by Crippen LogP contribution is 2.20. The molecule has 19 heavy (non-hydrogen) atoms. The minimum atomic E-state index is 0.614. The van der Waals surface area contributed by atoms with Gasteiger partial charge in [0.2, 0.25) is 5.95 Å². The number of hydrogen-bond acceptors (Lipinski definition) is 5. The topological polar surface area (TPSA) is 64.3 Å². The Balaban J connectivity index is 1.92. The van der Waals surface area contributed by atoms with Crippen molar-refractivity contribution < 1.29 is 4.74 Å². The van der Waals surface area contributed by atoms with Gasteiger partial charge >= 0.3 is 0 Å². The Morgan fingerprint density at radius 1 is 1.26 bits per heavy atom. The van der Waals surface area contributed by atoms with Crippen LogP contribution in [0.15, 0.2) is 42.9 Å². The van der Waals surface area contributed by atoms with Crippen LogP contribution in [0.1, 0.15) is 6.92 Å². The largest absolute Gasteiger partial charge is 0.494 e. The number of benzene rings is 1.